The zero-order valence-electron chi connectivity index (χ0n) is 9.51. The lowest BCUT2D eigenvalue weighted by molar-refractivity contribution is -0.0384. The molecule has 0 spiro atoms. The van der Waals surface area contributed by atoms with E-state index in [4.69, 9.17) is 5.26 Å². The second-order valence-electron chi connectivity index (χ2n) is 4.54. The molecule has 1 heterocycles. The summed E-state index contributed by atoms with van der Waals surface area (Å²) < 4.78 is 0. The Balaban J connectivity index is 2.21. The maximum absolute atomic E-state index is 10.00. The summed E-state index contributed by atoms with van der Waals surface area (Å²) in [7, 11) is 1.90. The van der Waals surface area contributed by atoms with Gasteiger partial charge in [-0.05, 0) is 31.9 Å². The summed E-state index contributed by atoms with van der Waals surface area (Å²) in [5.41, 5.74) is -0.0465. The van der Waals surface area contributed by atoms with Crippen LogP contribution in [0.25, 0.3) is 0 Å². The van der Waals surface area contributed by atoms with Crippen molar-refractivity contribution in [2.24, 2.45) is 0 Å². The number of likely N-dealkylation sites (N-methyl/N-ethyl adjacent to an activating group) is 1. The molecule has 1 N–H and O–H groups in total. The number of nitrogens with zero attached hydrogens (tertiary/aromatic N) is 3. The molecule has 1 fully saturated rings. The average Bonchev–Trinajstić information content (AvgIpc) is 2.28. The smallest absolute Gasteiger partial charge is 0.129 e. The highest BCUT2D eigenvalue weighted by Crippen LogP contribution is 2.36. The summed E-state index contributed by atoms with van der Waals surface area (Å²) in [4.78, 5) is 6.17. The van der Waals surface area contributed by atoms with E-state index in [0.717, 1.165) is 18.7 Å². The molecule has 1 aliphatic rings. The monoisotopic (exact) mass is 217 g/mol. The van der Waals surface area contributed by atoms with Crippen LogP contribution in [0.2, 0.25) is 0 Å². The molecule has 84 valence electrons. The van der Waals surface area contributed by atoms with Crippen LogP contribution in [0, 0.1) is 11.3 Å². The van der Waals surface area contributed by atoms with E-state index in [-0.39, 0.29) is 6.04 Å². The van der Waals surface area contributed by atoms with Gasteiger partial charge in [0.05, 0.1) is 23.3 Å². The summed E-state index contributed by atoms with van der Waals surface area (Å²) >= 11 is 0. The van der Waals surface area contributed by atoms with Crippen LogP contribution in [0.1, 0.15) is 25.3 Å². The number of hydrogen-bond donors (Lipinski definition) is 1. The van der Waals surface area contributed by atoms with Gasteiger partial charge in [0.25, 0.3) is 0 Å². The van der Waals surface area contributed by atoms with Gasteiger partial charge in [0.2, 0.25) is 0 Å². The van der Waals surface area contributed by atoms with Crippen molar-refractivity contribution in [1.29, 1.82) is 5.26 Å². The molecule has 1 aromatic heterocycles. The first kappa shape index (κ1) is 10.9. The second kappa shape index (κ2) is 3.76. The summed E-state index contributed by atoms with van der Waals surface area (Å²) in [5.74, 6) is 0.740. The Morgan fingerprint density at radius 2 is 2.44 bits per heavy atom. The van der Waals surface area contributed by atoms with Crippen molar-refractivity contribution in [3.8, 4) is 6.07 Å². The number of aliphatic hydroxyl groups is 1. The minimum atomic E-state index is -0.640. The zero-order valence-corrected chi connectivity index (χ0v) is 9.51. The van der Waals surface area contributed by atoms with Crippen LogP contribution in [-0.4, -0.2) is 28.8 Å². The van der Waals surface area contributed by atoms with Crippen LogP contribution in [-0.2, 0) is 0 Å². The fourth-order valence-corrected chi connectivity index (χ4v) is 2.14. The summed E-state index contributed by atoms with van der Waals surface area (Å²) in [5, 5.41) is 18.8. The lowest BCUT2D eigenvalue weighted by atomic mass is 9.75. The third-order valence-electron chi connectivity index (χ3n) is 3.35. The molecule has 16 heavy (non-hydrogen) atoms. The summed E-state index contributed by atoms with van der Waals surface area (Å²) in [6, 6.07) is 5.60. The lowest BCUT2D eigenvalue weighted by Crippen LogP contribution is -2.57. The Labute approximate surface area is 95.1 Å². The normalized spacial score (nSPS) is 28.0. The maximum Gasteiger partial charge on any atom is 0.129 e. The Morgan fingerprint density at radius 1 is 1.69 bits per heavy atom. The largest absolute Gasteiger partial charge is 0.388 e. The summed E-state index contributed by atoms with van der Waals surface area (Å²) in [6.07, 6.45) is 3.40. The van der Waals surface area contributed by atoms with Gasteiger partial charge in [-0.15, -0.1) is 0 Å². The molecule has 0 radical (unpaired) electrons. The third-order valence-corrected chi connectivity index (χ3v) is 3.35. The van der Waals surface area contributed by atoms with E-state index in [2.05, 4.69) is 11.1 Å². The quantitative estimate of drug-likeness (QED) is 0.811. The molecule has 4 heteroatoms. The van der Waals surface area contributed by atoms with Crippen molar-refractivity contribution in [2.45, 2.75) is 31.4 Å². The van der Waals surface area contributed by atoms with Crippen molar-refractivity contribution >= 4 is 5.82 Å². The van der Waals surface area contributed by atoms with Crippen molar-refractivity contribution in [1.82, 2.24) is 4.98 Å². The highest BCUT2D eigenvalue weighted by atomic mass is 16.3. The molecule has 0 amide bonds. The van der Waals surface area contributed by atoms with Gasteiger partial charge in [-0.3, -0.25) is 0 Å². The molecule has 1 saturated carbocycles. The van der Waals surface area contributed by atoms with Crippen LogP contribution >= 0.6 is 0 Å². The molecule has 2 rings (SSSR count). The first-order chi connectivity index (χ1) is 7.54. The minimum Gasteiger partial charge on any atom is -0.388 e. The van der Waals surface area contributed by atoms with Crippen molar-refractivity contribution in [3.05, 3.63) is 23.9 Å². The van der Waals surface area contributed by atoms with E-state index < -0.39 is 5.60 Å². The molecule has 0 unspecified atom stereocenters. The highest BCUT2D eigenvalue weighted by molar-refractivity contribution is 5.46. The third kappa shape index (κ3) is 1.74. The van der Waals surface area contributed by atoms with Gasteiger partial charge in [0.15, 0.2) is 0 Å². The van der Waals surface area contributed by atoms with Crippen LogP contribution < -0.4 is 4.90 Å². The predicted molar refractivity (Wildman–Crippen MR) is 61.0 cm³/mol. The maximum atomic E-state index is 10.00. The number of anilines is 1. The Kier molecular flexibility index (Phi) is 2.56. The highest BCUT2D eigenvalue weighted by Gasteiger charge is 2.43. The van der Waals surface area contributed by atoms with Gasteiger partial charge in [-0.1, -0.05) is 0 Å². The fourth-order valence-electron chi connectivity index (χ4n) is 2.14. The van der Waals surface area contributed by atoms with Crippen molar-refractivity contribution in [3.63, 3.8) is 0 Å². The van der Waals surface area contributed by atoms with Gasteiger partial charge in [0.1, 0.15) is 5.82 Å². The van der Waals surface area contributed by atoms with Gasteiger partial charge < -0.3 is 10.0 Å². The molecular weight excluding hydrogens is 202 g/mol. The first-order valence-corrected chi connectivity index (χ1v) is 5.36. The molecule has 0 aromatic carbocycles. The van der Waals surface area contributed by atoms with Crippen LogP contribution in [0.4, 0.5) is 5.82 Å². The van der Waals surface area contributed by atoms with Crippen LogP contribution in [0.3, 0.4) is 0 Å². The van der Waals surface area contributed by atoms with E-state index in [0.29, 0.717) is 5.56 Å². The lowest BCUT2D eigenvalue weighted by Gasteiger charge is -2.48. The molecule has 4 nitrogen and oxygen atoms in total. The Morgan fingerprint density at radius 3 is 2.94 bits per heavy atom. The van der Waals surface area contributed by atoms with Crippen LogP contribution in [0.5, 0.6) is 0 Å². The molecule has 0 bridgehead atoms. The SMILES string of the molecule is CN(c1cc(C#N)ccn1)[C@@H]1CC[C@@]1(C)O. The Bertz CT molecular complexity index is 436. The Hall–Kier alpha value is -1.60. The number of nitriles is 1. The fraction of sp³-hybridized carbons (Fsp3) is 0.500. The van der Waals surface area contributed by atoms with E-state index in [1.54, 1.807) is 18.3 Å². The van der Waals surface area contributed by atoms with Gasteiger partial charge >= 0.3 is 0 Å². The van der Waals surface area contributed by atoms with Crippen molar-refractivity contribution in [2.75, 3.05) is 11.9 Å². The van der Waals surface area contributed by atoms with Crippen molar-refractivity contribution < 1.29 is 5.11 Å². The van der Waals surface area contributed by atoms with Crippen LogP contribution in [0.15, 0.2) is 18.3 Å². The number of hydrogen-bond acceptors (Lipinski definition) is 4. The van der Waals surface area contributed by atoms with E-state index in [1.165, 1.54) is 0 Å². The average molecular weight is 217 g/mol. The first-order valence-electron chi connectivity index (χ1n) is 5.36. The predicted octanol–water partition coefficient (Wildman–Crippen LogP) is 1.30. The number of rotatable bonds is 2. The molecular formula is C12H15N3O. The zero-order chi connectivity index (χ0) is 11.8. The van der Waals surface area contributed by atoms with Gasteiger partial charge in [-0.25, -0.2) is 4.98 Å². The van der Waals surface area contributed by atoms with E-state index >= 15 is 0 Å². The molecule has 0 aliphatic heterocycles. The molecule has 1 aliphatic carbocycles. The van der Waals surface area contributed by atoms with E-state index in [1.807, 2.05) is 18.9 Å². The standard InChI is InChI=1S/C12H15N3O/c1-12(16)5-3-10(12)15(2)11-7-9(8-13)4-6-14-11/h4,6-7,10,16H,3,5H2,1-2H3/t10-,12-/m1/s1. The second-order valence-corrected chi connectivity index (χ2v) is 4.54. The molecule has 0 saturated heterocycles. The summed E-state index contributed by atoms with van der Waals surface area (Å²) in [6.45, 7) is 1.84. The minimum absolute atomic E-state index is 0.0916. The van der Waals surface area contributed by atoms with Gasteiger partial charge in [-0.2, -0.15) is 5.26 Å². The molecule has 1 aromatic rings. The number of pyridine rings is 1. The molecule has 2 atom stereocenters. The topological polar surface area (TPSA) is 60.2 Å². The number of aromatic nitrogens is 1. The van der Waals surface area contributed by atoms with Gasteiger partial charge in [0, 0.05) is 13.2 Å². The van der Waals surface area contributed by atoms with E-state index in [9.17, 15) is 5.11 Å².